The van der Waals surface area contributed by atoms with Crippen LogP contribution in [0.4, 0.5) is 5.82 Å². The Balaban J connectivity index is 1.98. The Morgan fingerprint density at radius 2 is 2.15 bits per heavy atom. The number of nitrogens with zero attached hydrogens (tertiary/aromatic N) is 2. The van der Waals surface area contributed by atoms with Crippen LogP contribution in [0.5, 0.6) is 0 Å². The van der Waals surface area contributed by atoms with Gasteiger partial charge in [-0.25, -0.2) is 0 Å². The van der Waals surface area contributed by atoms with Crippen molar-refractivity contribution in [2.24, 2.45) is 5.92 Å². The first kappa shape index (κ1) is 8.48. The first-order valence-electron chi connectivity index (χ1n) is 4.82. The van der Waals surface area contributed by atoms with Crippen molar-refractivity contribution < 1.29 is 0 Å². The van der Waals surface area contributed by atoms with Crippen LogP contribution in [0.2, 0.25) is 0 Å². The van der Waals surface area contributed by atoms with Crippen molar-refractivity contribution in [3.05, 3.63) is 17.8 Å². The van der Waals surface area contributed by atoms with Gasteiger partial charge in [0.1, 0.15) is 5.82 Å². The third kappa shape index (κ3) is 1.79. The van der Waals surface area contributed by atoms with Crippen LogP contribution in [0.15, 0.2) is 12.1 Å². The molecule has 13 heavy (non-hydrogen) atoms. The molecule has 2 rings (SSSR count). The molecule has 1 aliphatic rings. The molecule has 1 fully saturated rings. The highest BCUT2D eigenvalue weighted by atomic mass is 15.2. The Kier molecular flexibility index (Phi) is 2.17. The molecular formula is C10H15N3. The Bertz CT molecular complexity index is 281. The van der Waals surface area contributed by atoms with Crippen molar-refractivity contribution in [1.29, 1.82) is 0 Å². The number of aromatic nitrogens is 2. The molecule has 1 heterocycles. The molecule has 0 amide bonds. The molecular weight excluding hydrogens is 162 g/mol. The van der Waals surface area contributed by atoms with E-state index >= 15 is 0 Å². The van der Waals surface area contributed by atoms with Crippen LogP contribution in [0.3, 0.4) is 0 Å². The van der Waals surface area contributed by atoms with Crippen LogP contribution in [0.1, 0.15) is 25.5 Å². The van der Waals surface area contributed by atoms with Gasteiger partial charge in [-0.15, -0.1) is 5.10 Å². The summed E-state index contributed by atoms with van der Waals surface area (Å²) in [5.41, 5.74) is 0.965. The maximum Gasteiger partial charge on any atom is 0.148 e. The Morgan fingerprint density at radius 3 is 2.62 bits per heavy atom. The van der Waals surface area contributed by atoms with E-state index in [-0.39, 0.29) is 0 Å². The van der Waals surface area contributed by atoms with Gasteiger partial charge in [0.25, 0.3) is 0 Å². The van der Waals surface area contributed by atoms with E-state index < -0.39 is 0 Å². The smallest absolute Gasteiger partial charge is 0.148 e. The molecule has 3 nitrogen and oxygen atoms in total. The lowest BCUT2D eigenvalue weighted by Gasteiger charge is -2.34. The average Bonchev–Trinajstić information content (AvgIpc) is 2.15. The predicted molar refractivity (Wildman–Crippen MR) is 52.6 cm³/mol. The van der Waals surface area contributed by atoms with Crippen LogP contribution in [0, 0.1) is 12.8 Å². The van der Waals surface area contributed by atoms with Crippen LogP contribution in [0.25, 0.3) is 0 Å². The lowest BCUT2D eigenvalue weighted by molar-refractivity contribution is 0.303. The number of anilines is 1. The normalized spacial score (nSPS) is 26.6. The summed E-state index contributed by atoms with van der Waals surface area (Å²) in [6, 6.07) is 4.59. The largest absolute Gasteiger partial charge is 0.366 e. The molecule has 0 spiro atoms. The second-order valence-electron chi connectivity index (χ2n) is 3.87. The molecule has 0 aliphatic heterocycles. The van der Waals surface area contributed by atoms with E-state index in [2.05, 4.69) is 22.4 Å². The highest BCUT2D eigenvalue weighted by molar-refractivity contribution is 5.35. The minimum absolute atomic E-state index is 0.608. The Labute approximate surface area is 78.6 Å². The zero-order chi connectivity index (χ0) is 9.26. The Morgan fingerprint density at radius 1 is 1.31 bits per heavy atom. The summed E-state index contributed by atoms with van der Waals surface area (Å²) in [5.74, 6) is 1.69. The first-order valence-corrected chi connectivity index (χ1v) is 4.82. The maximum atomic E-state index is 4.07. The lowest BCUT2D eigenvalue weighted by Crippen LogP contribution is -2.36. The van der Waals surface area contributed by atoms with Gasteiger partial charge in [-0.05, 0) is 37.8 Å². The second kappa shape index (κ2) is 3.32. The molecule has 1 aliphatic carbocycles. The van der Waals surface area contributed by atoms with Gasteiger partial charge in [0.2, 0.25) is 0 Å². The van der Waals surface area contributed by atoms with Gasteiger partial charge in [0.05, 0.1) is 5.69 Å². The molecule has 0 bridgehead atoms. The standard InChI is InChI=1S/C10H15N3/c1-7-3-5-9(7)11-10-6-4-8(2)12-13-10/h4,6-7,9H,3,5H2,1-2H3,(H,11,13). The third-order valence-corrected chi connectivity index (χ3v) is 2.75. The summed E-state index contributed by atoms with van der Waals surface area (Å²) in [6.45, 7) is 4.21. The van der Waals surface area contributed by atoms with Gasteiger partial charge in [-0.1, -0.05) is 6.92 Å². The van der Waals surface area contributed by atoms with Gasteiger partial charge in [0.15, 0.2) is 0 Å². The Hall–Kier alpha value is -1.12. The SMILES string of the molecule is Cc1ccc(NC2CCC2C)nn1. The number of aryl methyl sites for hydroxylation is 1. The van der Waals surface area contributed by atoms with E-state index in [4.69, 9.17) is 0 Å². The van der Waals surface area contributed by atoms with Gasteiger partial charge in [-0.2, -0.15) is 5.10 Å². The second-order valence-corrected chi connectivity index (χ2v) is 3.87. The quantitative estimate of drug-likeness (QED) is 0.750. The van der Waals surface area contributed by atoms with Gasteiger partial charge < -0.3 is 5.32 Å². The van der Waals surface area contributed by atoms with Crippen molar-refractivity contribution in [1.82, 2.24) is 10.2 Å². The van der Waals surface area contributed by atoms with E-state index in [0.29, 0.717) is 6.04 Å². The van der Waals surface area contributed by atoms with Crippen LogP contribution < -0.4 is 5.32 Å². The average molecular weight is 177 g/mol. The van der Waals surface area contributed by atoms with Crippen LogP contribution >= 0.6 is 0 Å². The summed E-state index contributed by atoms with van der Waals surface area (Å²) < 4.78 is 0. The number of hydrogen-bond acceptors (Lipinski definition) is 3. The lowest BCUT2D eigenvalue weighted by atomic mass is 9.81. The summed E-state index contributed by atoms with van der Waals surface area (Å²) in [7, 11) is 0. The van der Waals surface area contributed by atoms with E-state index in [1.165, 1.54) is 12.8 Å². The van der Waals surface area contributed by atoms with Crippen molar-refractivity contribution in [2.45, 2.75) is 32.7 Å². The van der Waals surface area contributed by atoms with Crippen molar-refractivity contribution >= 4 is 5.82 Å². The minimum atomic E-state index is 0.608. The number of hydrogen-bond donors (Lipinski definition) is 1. The minimum Gasteiger partial charge on any atom is -0.366 e. The first-order chi connectivity index (χ1) is 6.25. The van der Waals surface area contributed by atoms with Gasteiger partial charge >= 0.3 is 0 Å². The molecule has 2 unspecified atom stereocenters. The zero-order valence-corrected chi connectivity index (χ0v) is 8.12. The predicted octanol–water partition coefficient (Wildman–Crippen LogP) is 2.00. The summed E-state index contributed by atoms with van der Waals surface area (Å²) >= 11 is 0. The van der Waals surface area contributed by atoms with Crippen molar-refractivity contribution in [3.63, 3.8) is 0 Å². The molecule has 70 valence electrons. The number of rotatable bonds is 2. The topological polar surface area (TPSA) is 37.8 Å². The maximum absolute atomic E-state index is 4.07. The zero-order valence-electron chi connectivity index (χ0n) is 8.12. The monoisotopic (exact) mass is 177 g/mol. The fraction of sp³-hybridized carbons (Fsp3) is 0.600. The summed E-state index contributed by atoms with van der Waals surface area (Å²) in [4.78, 5) is 0. The fourth-order valence-electron chi connectivity index (χ4n) is 1.55. The summed E-state index contributed by atoms with van der Waals surface area (Å²) in [6.07, 6.45) is 2.59. The van der Waals surface area contributed by atoms with E-state index in [9.17, 15) is 0 Å². The van der Waals surface area contributed by atoms with Crippen LogP contribution in [-0.2, 0) is 0 Å². The highest BCUT2D eigenvalue weighted by Crippen LogP contribution is 2.28. The molecule has 1 saturated carbocycles. The molecule has 1 aromatic rings. The van der Waals surface area contributed by atoms with E-state index in [0.717, 1.165) is 17.4 Å². The molecule has 1 aromatic heterocycles. The molecule has 0 aromatic carbocycles. The molecule has 0 saturated heterocycles. The van der Waals surface area contributed by atoms with E-state index in [1.807, 2.05) is 19.1 Å². The molecule has 1 N–H and O–H groups in total. The highest BCUT2D eigenvalue weighted by Gasteiger charge is 2.26. The third-order valence-electron chi connectivity index (χ3n) is 2.75. The van der Waals surface area contributed by atoms with E-state index in [1.54, 1.807) is 0 Å². The van der Waals surface area contributed by atoms with Crippen molar-refractivity contribution in [3.8, 4) is 0 Å². The summed E-state index contributed by atoms with van der Waals surface area (Å²) in [5, 5.41) is 11.5. The fourth-order valence-corrected chi connectivity index (χ4v) is 1.55. The van der Waals surface area contributed by atoms with Crippen LogP contribution in [-0.4, -0.2) is 16.2 Å². The van der Waals surface area contributed by atoms with Gasteiger partial charge in [0, 0.05) is 6.04 Å². The number of nitrogens with one attached hydrogen (secondary N) is 1. The molecule has 2 atom stereocenters. The molecule has 3 heteroatoms. The van der Waals surface area contributed by atoms with Gasteiger partial charge in [-0.3, -0.25) is 0 Å². The molecule has 0 radical (unpaired) electrons. The van der Waals surface area contributed by atoms with Crippen molar-refractivity contribution in [2.75, 3.05) is 5.32 Å².